The zero-order valence-corrected chi connectivity index (χ0v) is 10.6. The molecule has 0 heterocycles. The van der Waals surface area contributed by atoms with Crippen LogP contribution in [0.3, 0.4) is 0 Å². The molecule has 2 amide bonds. The average Bonchev–Trinajstić information content (AvgIpc) is 2.41. The normalized spacial score (nSPS) is 10.0. The summed E-state index contributed by atoms with van der Waals surface area (Å²) in [5, 5.41) is 3.08. The molecule has 0 aliphatic carbocycles. The lowest BCUT2D eigenvalue weighted by atomic mass is 10.1. The number of amides is 2. The lowest BCUT2D eigenvalue weighted by Crippen LogP contribution is -2.11. The van der Waals surface area contributed by atoms with Gasteiger partial charge >= 0.3 is 0 Å². The van der Waals surface area contributed by atoms with Crippen molar-refractivity contribution in [2.24, 2.45) is 11.5 Å². The van der Waals surface area contributed by atoms with Crippen LogP contribution in [0.15, 0.2) is 42.5 Å². The van der Waals surface area contributed by atoms with Crippen molar-refractivity contribution in [1.29, 1.82) is 0 Å². The highest BCUT2D eigenvalue weighted by Crippen LogP contribution is 2.24. The number of benzene rings is 2. The Morgan fingerprint density at radius 1 is 0.850 bits per heavy atom. The number of hydrogen-bond acceptors (Lipinski definition) is 4. The summed E-state index contributed by atoms with van der Waals surface area (Å²) in [6.07, 6.45) is 0. The molecule has 6 nitrogen and oxygen atoms in total. The Kier molecular flexibility index (Phi) is 3.56. The van der Waals surface area contributed by atoms with E-state index < -0.39 is 11.8 Å². The molecule has 0 unspecified atom stereocenters. The van der Waals surface area contributed by atoms with Gasteiger partial charge in [0.05, 0.1) is 11.4 Å². The molecule has 0 saturated carbocycles. The Morgan fingerprint density at radius 3 is 1.90 bits per heavy atom. The lowest BCUT2D eigenvalue weighted by molar-refractivity contribution is 0.0992. The Bertz CT molecular complexity index is 665. The third kappa shape index (κ3) is 2.86. The zero-order chi connectivity index (χ0) is 14.7. The number of primary amides is 2. The van der Waals surface area contributed by atoms with Gasteiger partial charge in [-0.25, -0.2) is 0 Å². The summed E-state index contributed by atoms with van der Waals surface area (Å²) >= 11 is 0. The van der Waals surface area contributed by atoms with Crippen LogP contribution in [-0.2, 0) is 0 Å². The van der Waals surface area contributed by atoms with Crippen LogP contribution in [0.25, 0.3) is 0 Å². The van der Waals surface area contributed by atoms with Crippen molar-refractivity contribution in [2.75, 3.05) is 11.1 Å². The summed E-state index contributed by atoms with van der Waals surface area (Å²) in [4.78, 5) is 22.0. The van der Waals surface area contributed by atoms with Crippen LogP contribution < -0.4 is 22.5 Å². The van der Waals surface area contributed by atoms with Crippen molar-refractivity contribution < 1.29 is 9.59 Å². The second-order valence-corrected chi connectivity index (χ2v) is 4.23. The van der Waals surface area contributed by atoms with Gasteiger partial charge in [-0.05, 0) is 42.5 Å². The van der Waals surface area contributed by atoms with Crippen LogP contribution in [0.4, 0.5) is 17.1 Å². The van der Waals surface area contributed by atoms with Gasteiger partial charge in [-0.15, -0.1) is 0 Å². The van der Waals surface area contributed by atoms with Crippen LogP contribution >= 0.6 is 0 Å². The fourth-order valence-electron chi connectivity index (χ4n) is 1.70. The maximum atomic E-state index is 11.0. The van der Waals surface area contributed by atoms with Gasteiger partial charge in [-0.3, -0.25) is 9.59 Å². The molecule has 0 saturated heterocycles. The smallest absolute Gasteiger partial charge is 0.248 e. The highest BCUT2D eigenvalue weighted by atomic mass is 16.1. The van der Waals surface area contributed by atoms with Gasteiger partial charge in [0, 0.05) is 16.8 Å². The Balaban J connectivity index is 2.21. The number of carbonyl (C=O) groups is 2. The van der Waals surface area contributed by atoms with Crippen molar-refractivity contribution in [1.82, 2.24) is 0 Å². The van der Waals surface area contributed by atoms with Gasteiger partial charge in [0.25, 0.3) is 0 Å². The molecule has 7 N–H and O–H groups in total. The van der Waals surface area contributed by atoms with Crippen LogP contribution in [-0.4, -0.2) is 11.8 Å². The molecule has 102 valence electrons. The van der Waals surface area contributed by atoms with Crippen LogP contribution in [0, 0.1) is 0 Å². The van der Waals surface area contributed by atoms with Crippen molar-refractivity contribution in [3.05, 3.63) is 53.6 Å². The van der Waals surface area contributed by atoms with E-state index in [9.17, 15) is 9.59 Å². The molecule has 20 heavy (non-hydrogen) atoms. The van der Waals surface area contributed by atoms with Gasteiger partial charge in [0.2, 0.25) is 11.8 Å². The van der Waals surface area contributed by atoms with E-state index >= 15 is 0 Å². The Labute approximate surface area is 115 Å². The summed E-state index contributed by atoms with van der Waals surface area (Å²) in [6.45, 7) is 0. The largest absolute Gasteiger partial charge is 0.397 e. The van der Waals surface area contributed by atoms with Gasteiger partial charge in [0.15, 0.2) is 0 Å². The van der Waals surface area contributed by atoms with Gasteiger partial charge in [-0.1, -0.05) is 0 Å². The van der Waals surface area contributed by atoms with Crippen molar-refractivity contribution in [3.63, 3.8) is 0 Å². The molecule has 0 bridgehead atoms. The number of carbonyl (C=O) groups excluding carboxylic acids is 2. The van der Waals surface area contributed by atoms with E-state index in [-0.39, 0.29) is 0 Å². The predicted molar refractivity (Wildman–Crippen MR) is 77.6 cm³/mol. The van der Waals surface area contributed by atoms with E-state index in [1.807, 2.05) is 0 Å². The minimum atomic E-state index is -0.533. The summed E-state index contributed by atoms with van der Waals surface area (Å²) in [7, 11) is 0. The molecule has 0 atom stereocenters. The van der Waals surface area contributed by atoms with Crippen molar-refractivity contribution >= 4 is 28.9 Å². The monoisotopic (exact) mass is 270 g/mol. The number of nitrogen functional groups attached to an aromatic ring is 1. The first kappa shape index (κ1) is 13.4. The van der Waals surface area contributed by atoms with Crippen LogP contribution in [0.5, 0.6) is 0 Å². The van der Waals surface area contributed by atoms with E-state index in [4.69, 9.17) is 17.2 Å². The molecule has 0 aliphatic heterocycles. The van der Waals surface area contributed by atoms with Crippen LogP contribution in [0.2, 0.25) is 0 Å². The second kappa shape index (κ2) is 5.31. The topological polar surface area (TPSA) is 124 Å². The minimum Gasteiger partial charge on any atom is -0.397 e. The maximum Gasteiger partial charge on any atom is 0.248 e. The fraction of sp³-hybridized carbons (Fsp3) is 0. The van der Waals surface area contributed by atoms with Crippen molar-refractivity contribution in [2.45, 2.75) is 0 Å². The molecular formula is C14H14N4O2. The van der Waals surface area contributed by atoms with E-state index in [1.165, 1.54) is 6.07 Å². The summed E-state index contributed by atoms with van der Waals surface area (Å²) in [6, 6.07) is 11.4. The molecule has 2 rings (SSSR count). The number of rotatable bonds is 4. The maximum absolute atomic E-state index is 11.0. The highest BCUT2D eigenvalue weighted by molar-refractivity contribution is 5.95. The number of nitrogens with one attached hydrogen (secondary N) is 1. The quantitative estimate of drug-likeness (QED) is 0.623. The Morgan fingerprint density at radius 2 is 1.40 bits per heavy atom. The summed E-state index contributed by atoms with van der Waals surface area (Å²) < 4.78 is 0. The van der Waals surface area contributed by atoms with Crippen LogP contribution in [0.1, 0.15) is 20.7 Å². The van der Waals surface area contributed by atoms with Gasteiger partial charge in [-0.2, -0.15) is 0 Å². The first-order valence-electron chi connectivity index (χ1n) is 5.83. The molecular weight excluding hydrogens is 256 g/mol. The minimum absolute atomic E-state index is 0.345. The molecule has 0 radical (unpaired) electrons. The zero-order valence-electron chi connectivity index (χ0n) is 10.6. The fourth-order valence-corrected chi connectivity index (χ4v) is 1.70. The number of nitrogens with two attached hydrogens (primary N) is 3. The standard InChI is InChI=1S/C14H14N4O2/c15-11-7-9(14(17)20)3-6-12(11)18-10-4-1-8(2-5-10)13(16)19/h1-7,18H,15H2,(H2,16,19)(H2,17,20). The molecule has 6 heteroatoms. The third-order valence-electron chi connectivity index (χ3n) is 2.78. The predicted octanol–water partition coefficient (Wildman–Crippen LogP) is 1.21. The summed E-state index contributed by atoms with van der Waals surface area (Å²) in [5.41, 5.74) is 18.7. The van der Waals surface area contributed by atoms with E-state index in [0.29, 0.717) is 22.5 Å². The van der Waals surface area contributed by atoms with E-state index in [1.54, 1.807) is 36.4 Å². The molecule has 2 aromatic rings. The molecule has 0 spiro atoms. The average molecular weight is 270 g/mol. The van der Waals surface area contributed by atoms with Crippen molar-refractivity contribution in [3.8, 4) is 0 Å². The first-order valence-corrected chi connectivity index (χ1v) is 5.83. The van der Waals surface area contributed by atoms with Gasteiger partial charge in [0.1, 0.15) is 0 Å². The number of anilines is 3. The molecule has 0 aliphatic rings. The molecule has 0 fully saturated rings. The Hall–Kier alpha value is -3.02. The number of hydrogen-bond donors (Lipinski definition) is 4. The molecule has 0 aromatic heterocycles. The molecule has 2 aromatic carbocycles. The highest BCUT2D eigenvalue weighted by Gasteiger charge is 2.05. The SMILES string of the molecule is NC(=O)c1ccc(Nc2ccc(C(N)=O)cc2N)cc1. The third-order valence-corrected chi connectivity index (χ3v) is 2.78. The first-order chi connectivity index (χ1) is 9.47. The lowest BCUT2D eigenvalue weighted by Gasteiger charge is -2.10. The van der Waals surface area contributed by atoms with Gasteiger partial charge < -0.3 is 22.5 Å². The van der Waals surface area contributed by atoms with E-state index in [2.05, 4.69) is 5.32 Å². The summed E-state index contributed by atoms with van der Waals surface area (Å²) in [5.74, 6) is -1.02. The second-order valence-electron chi connectivity index (χ2n) is 4.23. The van der Waals surface area contributed by atoms with E-state index in [0.717, 1.165) is 5.69 Å².